The normalized spacial score (nSPS) is 15.0. The molecule has 36 heavy (non-hydrogen) atoms. The Bertz CT molecular complexity index is 1620. The molecule has 1 atom stereocenters. The second-order valence-corrected chi connectivity index (χ2v) is 8.75. The number of pyridine rings is 1. The summed E-state index contributed by atoms with van der Waals surface area (Å²) >= 11 is 0. The van der Waals surface area contributed by atoms with E-state index in [1.165, 1.54) is 6.07 Å². The molecule has 6 rings (SSSR count). The van der Waals surface area contributed by atoms with Crippen molar-refractivity contribution in [1.82, 2.24) is 34.7 Å². The lowest BCUT2D eigenvalue weighted by atomic mass is 10.1. The fourth-order valence-electron chi connectivity index (χ4n) is 4.55. The largest absolute Gasteiger partial charge is 0.378 e. The Morgan fingerprint density at radius 1 is 1.14 bits per heavy atom. The highest BCUT2D eigenvalue weighted by Crippen LogP contribution is 2.33. The van der Waals surface area contributed by atoms with Crippen molar-refractivity contribution in [2.75, 3.05) is 36.5 Å². The lowest BCUT2D eigenvalue weighted by molar-refractivity contribution is 0.122. The maximum absolute atomic E-state index is 15.0. The van der Waals surface area contributed by atoms with Crippen molar-refractivity contribution in [1.29, 1.82) is 0 Å². The van der Waals surface area contributed by atoms with Crippen LogP contribution < -0.4 is 15.8 Å². The first-order chi connectivity index (χ1) is 17.5. The average Bonchev–Trinajstić information content (AvgIpc) is 3.46. The number of nitrogens with one attached hydrogen (secondary N) is 3. The highest BCUT2D eigenvalue weighted by molar-refractivity contribution is 5.96. The standard InChI is InChI=1S/C24H24FN9O2/c1-13(22-26-4-3-5-27-22)28-21-19(24(35)31-17-12-33(2)32-20(17)21)23-29-15-10-14(25)18(11-16(15)30-23)34-6-8-36-9-7-34/h3-5,10-13,28H,6-9H2,1-2H3,(H,29,30)(H,31,35)/t13-/m0/s1. The van der Waals surface area contributed by atoms with E-state index >= 15 is 4.39 Å². The van der Waals surface area contributed by atoms with E-state index in [-0.39, 0.29) is 23.0 Å². The highest BCUT2D eigenvalue weighted by atomic mass is 19.1. The minimum Gasteiger partial charge on any atom is -0.378 e. The van der Waals surface area contributed by atoms with Crippen LogP contribution >= 0.6 is 0 Å². The quantitative estimate of drug-likeness (QED) is 0.344. The second kappa shape index (κ2) is 8.72. The number of aromatic amines is 2. The molecule has 0 aliphatic carbocycles. The van der Waals surface area contributed by atoms with Crippen LogP contribution in [0.5, 0.6) is 0 Å². The van der Waals surface area contributed by atoms with E-state index in [2.05, 4.69) is 35.3 Å². The van der Waals surface area contributed by atoms with Gasteiger partial charge in [0, 0.05) is 44.8 Å². The van der Waals surface area contributed by atoms with Gasteiger partial charge in [0.25, 0.3) is 5.56 Å². The first kappa shape index (κ1) is 22.2. The first-order valence-electron chi connectivity index (χ1n) is 11.6. The van der Waals surface area contributed by atoms with Crippen LogP contribution in [0.4, 0.5) is 15.8 Å². The molecule has 3 N–H and O–H groups in total. The van der Waals surface area contributed by atoms with Crippen molar-refractivity contribution in [3.8, 4) is 11.4 Å². The number of aryl methyl sites for hydroxylation is 1. The topological polar surface area (TPSA) is 130 Å². The molecule has 0 saturated carbocycles. The minimum atomic E-state index is -0.371. The SMILES string of the molecule is C[C@H](Nc1c(-c2nc3cc(F)c(N4CCOCC4)cc3[nH]2)c(=O)[nH]c2cn(C)nc12)c1ncccn1. The third kappa shape index (κ3) is 3.85. The van der Waals surface area contributed by atoms with Crippen LogP contribution in [0.15, 0.2) is 41.6 Å². The van der Waals surface area contributed by atoms with E-state index in [1.807, 2.05) is 11.8 Å². The van der Waals surface area contributed by atoms with Crippen LogP contribution in [0.25, 0.3) is 33.5 Å². The number of ether oxygens (including phenoxy) is 1. The molecule has 184 valence electrons. The van der Waals surface area contributed by atoms with Crippen LogP contribution in [0.3, 0.4) is 0 Å². The number of nitrogens with zero attached hydrogens (tertiary/aromatic N) is 6. The summed E-state index contributed by atoms with van der Waals surface area (Å²) in [6, 6.07) is 4.53. The number of morpholine rings is 1. The number of imidazole rings is 1. The molecule has 4 aromatic heterocycles. The maximum atomic E-state index is 15.0. The summed E-state index contributed by atoms with van der Waals surface area (Å²) in [6.07, 6.45) is 5.06. The molecule has 11 nitrogen and oxygen atoms in total. The van der Waals surface area contributed by atoms with Gasteiger partial charge < -0.3 is 24.9 Å². The van der Waals surface area contributed by atoms with Crippen molar-refractivity contribution in [2.24, 2.45) is 7.05 Å². The summed E-state index contributed by atoms with van der Waals surface area (Å²) in [6.45, 7) is 4.20. The van der Waals surface area contributed by atoms with Gasteiger partial charge in [0.1, 0.15) is 28.5 Å². The van der Waals surface area contributed by atoms with Gasteiger partial charge in [0.05, 0.1) is 47.2 Å². The second-order valence-electron chi connectivity index (χ2n) is 8.75. The maximum Gasteiger partial charge on any atom is 0.261 e. The van der Waals surface area contributed by atoms with E-state index in [0.29, 0.717) is 71.4 Å². The molecule has 1 aromatic carbocycles. The molecule has 0 spiro atoms. The number of aromatic nitrogens is 7. The van der Waals surface area contributed by atoms with Crippen LogP contribution in [-0.4, -0.2) is 61.0 Å². The zero-order chi connectivity index (χ0) is 24.8. The number of hydrogen-bond acceptors (Lipinski definition) is 8. The summed E-state index contributed by atoms with van der Waals surface area (Å²) in [5.41, 5.74) is 3.07. The Labute approximate surface area is 204 Å². The van der Waals surface area contributed by atoms with Crippen LogP contribution in [0.2, 0.25) is 0 Å². The number of hydrogen-bond donors (Lipinski definition) is 3. The van der Waals surface area contributed by atoms with Gasteiger partial charge in [0.15, 0.2) is 0 Å². The van der Waals surface area contributed by atoms with Crippen LogP contribution in [0.1, 0.15) is 18.8 Å². The van der Waals surface area contributed by atoms with Crippen LogP contribution in [-0.2, 0) is 11.8 Å². The highest BCUT2D eigenvalue weighted by Gasteiger charge is 2.23. The molecule has 1 fully saturated rings. The fourth-order valence-corrected chi connectivity index (χ4v) is 4.55. The van der Waals surface area contributed by atoms with Crippen molar-refractivity contribution in [3.05, 3.63) is 58.8 Å². The van der Waals surface area contributed by atoms with Crippen molar-refractivity contribution < 1.29 is 9.13 Å². The number of rotatable bonds is 5. The third-order valence-electron chi connectivity index (χ3n) is 6.26. The predicted octanol–water partition coefficient (Wildman–Crippen LogP) is 2.74. The van der Waals surface area contributed by atoms with E-state index in [0.717, 1.165) is 0 Å². The number of halogens is 1. The molecule has 1 aliphatic heterocycles. The molecular formula is C24H24FN9O2. The molecule has 0 bridgehead atoms. The van der Waals surface area contributed by atoms with Gasteiger partial charge in [-0.05, 0) is 19.1 Å². The molecule has 0 amide bonds. The molecule has 1 aliphatic rings. The Morgan fingerprint density at radius 3 is 2.69 bits per heavy atom. The Morgan fingerprint density at radius 2 is 1.92 bits per heavy atom. The Hall–Kier alpha value is -4.32. The molecule has 1 saturated heterocycles. The van der Waals surface area contributed by atoms with Gasteiger partial charge in [-0.3, -0.25) is 9.48 Å². The zero-order valence-corrected chi connectivity index (χ0v) is 19.7. The molecule has 5 heterocycles. The van der Waals surface area contributed by atoms with Gasteiger partial charge in [-0.1, -0.05) is 0 Å². The number of anilines is 2. The van der Waals surface area contributed by atoms with E-state index in [9.17, 15) is 4.79 Å². The molecule has 5 aromatic rings. The smallest absolute Gasteiger partial charge is 0.261 e. The lowest BCUT2D eigenvalue weighted by Crippen LogP contribution is -2.36. The van der Waals surface area contributed by atoms with Crippen molar-refractivity contribution in [3.63, 3.8) is 0 Å². The lowest BCUT2D eigenvalue weighted by Gasteiger charge is -2.29. The van der Waals surface area contributed by atoms with Gasteiger partial charge >= 0.3 is 0 Å². The number of fused-ring (bicyclic) bond motifs is 2. The molecule has 0 radical (unpaired) electrons. The fraction of sp³-hybridized carbons (Fsp3) is 0.292. The van der Waals surface area contributed by atoms with E-state index in [4.69, 9.17) is 4.74 Å². The van der Waals surface area contributed by atoms with E-state index in [1.54, 1.807) is 42.5 Å². The summed E-state index contributed by atoms with van der Waals surface area (Å²) in [4.78, 5) is 34.6. The monoisotopic (exact) mass is 489 g/mol. The minimum absolute atomic E-state index is 0.272. The summed E-state index contributed by atoms with van der Waals surface area (Å²) < 4.78 is 22.0. The summed E-state index contributed by atoms with van der Waals surface area (Å²) in [5.74, 6) is 0.500. The van der Waals surface area contributed by atoms with Gasteiger partial charge in [-0.2, -0.15) is 5.10 Å². The molecule has 0 unspecified atom stereocenters. The predicted molar refractivity (Wildman–Crippen MR) is 133 cm³/mol. The Kier molecular flexibility index (Phi) is 5.37. The van der Waals surface area contributed by atoms with Gasteiger partial charge in [0.2, 0.25) is 0 Å². The van der Waals surface area contributed by atoms with Crippen LogP contribution in [0, 0.1) is 5.82 Å². The van der Waals surface area contributed by atoms with Crippen molar-refractivity contribution >= 4 is 33.4 Å². The van der Waals surface area contributed by atoms with E-state index < -0.39 is 0 Å². The number of H-pyrrole nitrogens is 2. The summed E-state index contributed by atoms with van der Waals surface area (Å²) in [5, 5.41) is 7.92. The zero-order valence-electron chi connectivity index (χ0n) is 19.7. The molecule has 12 heteroatoms. The average molecular weight is 490 g/mol. The van der Waals surface area contributed by atoms with Gasteiger partial charge in [-0.15, -0.1) is 0 Å². The summed E-state index contributed by atoms with van der Waals surface area (Å²) in [7, 11) is 1.78. The molecular weight excluding hydrogens is 465 g/mol. The third-order valence-corrected chi connectivity index (χ3v) is 6.26. The first-order valence-corrected chi connectivity index (χ1v) is 11.6. The number of benzene rings is 1. The Balaban J connectivity index is 1.49. The van der Waals surface area contributed by atoms with Gasteiger partial charge in [-0.25, -0.2) is 19.3 Å². The van der Waals surface area contributed by atoms with Crippen molar-refractivity contribution in [2.45, 2.75) is 13.0 Å².